The SMILES string of the molecule is CC(=O)NCCCC[C@H](NCC(=O)CCc1cnc[nH]1)C(=O)CO.CCOCCOCCNC(=O)COCCOCCNC(C)=O.CC[C@@H](NC(=O)C1CCN(C(=O)CCCCCCCCCCCCCCCCCCC(=O)O)CC1)C(=O)O. The summed E-state index contributed by atoms with van der Waals surface area (Å²) in [4.78, 5) is 111. The fraction of sp³-hybridized carbons (Fsp3) is 0.800. The standard InChI is InChI=1S/C30H54N2O6.C16H26N4O4.C14H28N2O6/c1-2-26(30(37)38)31-29(36)25-21-23-32(24-22-25)27(33)19-17-15-13-11-9-7-5-3-4-6-8-10-12-14-16-18-20-28(34)35;1-12(22)18-7-3-2-4-15(16(24)10-21)19-9-14(23)6-5-13-8-17-11-20-13;1-3-19-8-9-21-7-5-16-14(18)12-22-11-10-20-6-4-15-13(2)17/h25-26H,2-24H2,1H3,(H,31,36)(H,34,35)(H,37,38);8,11,15,19,21H,2-7,9-10H2,1H3,(H,17,20)(H,18,22);3-12H2,1-2H3,(H,15,17)(H,16,18)/t26-;15-;/m10./s1. The maximum atomic E-state index is 12.5. The highest BCUT2D eigenvalue weighted by atomic mass is 16.5. The first-order valence-electron chi connectivity index (χ1n) is 31.0. The summed E-state index contributed by atoms with van der Waals surface area (Å²) >= 11 is 0. The number of carbonyl (C=O) groups is 9. The number of aryl methyl sites for hydroxylation is 1. The predicted octanol–water partition coefficient (Wildman–Crippen LogP) is 5.37. The number of nitrogens with one attached hydrogen (secondary N) is 6. The van der Waals surface area contributed by atoms with E-state index in [2.05, 4.69) is 36.6 Å². The van der Waals surface area contributed by atoms with E-state index in [0.29, 0.717) is 137 Å². The van der Waals surface area contributed by atoms with Crippen LogP contribution in [-0.2, 0) is 68.5 Å². The summed E-state index contributed by atoms with van der Waals surface area (Å²) in [5, 5.41) is 40.3. The molecule has 0 aromatic carbocycles. The highest BCUT2D eigenvalue weighted by Crippen LogP contribution is 2.20. The number of piperidine rings is 1. The molecule has 1 aliphatic rings. The number of nitrogens with zero attached hydrogens (tertiary/aromatic N) is 2. The van der Waals surface area contributed by atoms with Gasteiger partial charge in [-0.05, 0) is 64.7 Å². The zero-order chi connectivity index (χ0) is 62.3. The van der Waals surface area contributed by atoms with Crippen molar-refractivity contribution in [2.45, 2.75) is 207 Å². The average Bonchev–Trinajstić information content (AvgIpc) is 4.15. The number of likely N-dealkylation sites (tertiary alicyclic amines) is 1. The van der Waals surface area contributed by atoms with E-state index in [9.17, 15) is 43.2 Å². The molecule has 1 fully saturated rings. The Bertz CT molecular complexity index is 1890. The van der Waals surface area contributed by atoms with Crippen LogP contribution in [0, 0.1) is 5.92 Å². The zero-order valence-corrected chi connectivity index (χ0v) is 51.4. The number of imidazole rings is 1. The number of ketones is 2. The van der Waals surface area contributed by atoms with Crippen molar-refractivity contribution in [2.75, 3.05) is 98.7 Å². The van der Waals surface area contributed by atoms with Gasteiger partial charge in [-0.15, -0.1) is 0 Å². The Morgan fingerprint density at radius 2 is 1.15 bits per heavy atom. The molecule has 484 valence electrons. The number of unbranched alkanes of at least 4 members (excludes halogenated alkanes) is 16. The third kappa shape index (κ3) is 48.9. The summed E-state index contributed by atoms with van der Waals surface area (Å²) in [5.74, 6) is -2.60. The Hall–Kier alpha value is -5.40. The first-order chi connectivity index (χ1) is 40.5. The minimum atomic E-state index is -1.00. The van der Waals surface area contributed by atoms with Crippen LogP contribution in [0.25, 0.3) is 0 Å². The quantitative estimate of drug-likeness (QED) is 0.0370. The number of aliphatic carboxylic acids is 2. The third-order valence-corrected chi connectivity index (χ3v) is 13.8. The molecule has 84 heavy (non-hydrogen) atoms. The van der Waals surface area contributed by atoms with Gasteiger partial charge in [0.25, 0.3) is 0 Å². The van der Waals surface area contributed by atoms with Crippen LogP contribution in [0.2, 0.25) is 0 Å². The lowest BCUT2D eigenvalue weighted by molar-refractivity contribution is -0.143. The molecule has 0 saturated carbocycles. The maximum Gasteiger partial charge on any atom is 0.326 e. The van der Waals surface area contributed by atoms with Gasteiger partial charge in [-0.2, -0.15) is 0 Å². The van der Waals surface area contributed by atoms with E-state index >= 15 is 0 Å². The van der Waals surface area contributed by atoms with Crippen LogP contribution in [0.3, 0.4) is 0 Å². The second-order valence-electron chi connectivity index (χ2n) is 21.0. The molecule has 1 saturated heterocycles. The van der Waals surface area contributed by atoms with Crippen LogP contribution in [-0.4, -0.2) is 194 Å². The van der Waals surface area contributed by atoms with Gasteiger partial charge in [0.15, 0.2) is 5.78 Å². The number of H-pyrrole nitrogens is 1. The number of carboxylic acid groups (broad SMARTS) is 2. The van der Waals surface area contributed by atoms with Gasteiger partial charge in [0.05, 0.1) is 58.6 Å². The molecule has 0 radical (unpaired) electrons. The van der Waals surface area contributed by atoms with Crippen LogP contribution >= 0.6 is 0 Å². The van der Waals surface area contributed by atoms with Crippen molar-refractivity contribution < 1.29 is 77.4 Å². The first-order valence-corrected chi connectivity index (χ1v) is 31.0. The Morgan fingerprint density at radius 1 is 0.631 bits per heavy atom. The third-order valence-electron chi connectivity index (χ3n) is 13.8. The van der Waals surface area contributed by atoms with Crippen molar-refractivity contribution in [3.05, 3.63) is 18.2 Å². The summed E-state index contributed by atoms with van der Waals surface area (Å²) in [5.41, 5.74) is 0.893. The van der Waals surface area contributed by atoms with Gasteiger partial charge in [0.1, 0.15) is 25.0 Å². The van der Waals surface area contributed by atoms with E-state index in [1.807, 2.05) is 11.8 Å². The number of amides is 5. The second kappa shape index (κ2) is 55.5. The summed E-state index contributed by atoms with van der Waals surface area (Å²) < 4.78 is 20.7. The number of ether oxygens (including phenoxy) is 4. The summed E-state index contributed by atoms with van der Waals surface area (Å²) in [6.07, 6.45) is 27.7. The van der Waals surface area contributed by atoms with E-state index in [4.69, 9.17) is 34.3 Å². The van der Waals surface area contributed by atoms with Gasteiger partial charge in [-0.25, -0.2) is 9.78 Å². The van der Waals surface area contributed by atoms with Gasteiger partial charge in [-0.3, -0.25) is 38.4 Å². The molecule has 2 rings (SSSR count). The second-order valence-corrected chi connectivity index (χ2v) is 21.0. The van der Waals surface area contributed by atoms with Crippen LogP contribution in [0.5, 0.6) is 0 Å². The molecule has 2 heterocycles. The number of aromatic nitrogens is 2. The lowest BCUT2D eigenvalue weighted by atomic mass is 9.95. The number of aliphatic hydroxyl groups is 1. The minimum absolute atomic E-state index is 0.00131. The number of Topliss-reactive ketones (excluding diaryl/α,β-unsaturated/α-hetero) is 2. The molecule has 24 heteroatoms. The molecule has 2 atom stereocenters. The molecule has 24 nitrogen and oxygen atoms in total. The monoisotopic (exact) mass is 1200 g/mol. The Labute approximate surface area is 499 Å². The van der Waals surface area contributed by atoms with E-state index in [1.54, 1.807) is 19.4 Å². The van der Waals surface area contributed by atoms with Crippen molar-refractivity contribution in [1.29, 1.82) is 0 Å². The largest absolute Gasteiger partial charge is 0.481 e. The van der Waals surface area contributed by atoms with Crippen LogP contribution in [0.4, 0.5) is 0 Å². The van der Waals surface area contributed by atoms with Gasteiger partial charge in [-0.1, -0.05) is 96.8 Å². The number of hydrogen-bond donors (Lipinski definition) is 9. The predicted molar refractivity (Wildman–Crippen MR) is 319 cm³/mol. The van der Waals surface area contributed by atoms with Crippen LogP contribution < -0.4 is 26.6 Å². The van der Waals surface area contributed by atoms with Crippen molar-refractivity contribution in [1.82, 2.24) is 41.5 Å². The van der Waals surface area contributed by atoms with Crippen molar-refractivity contribution in [2.24, 2.45) is 5.92 Å². The number of aromatic amines is 1. The molecule has 9 N–H and O–H groups in total. The summed E-state index contributed by atoms with van der Waals surface area (Å²) in [6.45, 7) is 12.1. The fourth-order valence-corrected chi connectivity index (χ4v) is 8.81. The number of hydrogen-bond acceptors (Lipinski definition) is 16. The maximum absolute atomic E-state index is 12.5. The highest BCUT2D eigenvalue weighted by molar-refractivity contribution is 5.87. The molecule has 0 aliphatic carbocycles. The van der Waals surface area contributed by atoms with Crippen LogP contribution in [0.15, 0.2) is 12.5 Å². The molecule has 0 spiro atoms. The molecule has 0 unspecified atom stereocenters. The van der Waals surface area contributed by atoms with Gasteiger partial charge < -0.3 is 70.7 Å². The van der Waals surface area contributed by atoms with E-state index in [0.717, 1.165) is 44.2 Å². The molecule has 5 amide bonds. The number of carbonyl (C=O) groups excluding carboxylic acids is 7. The smallest absolute Gasteiger partial charge is 0.326 e. The number of rotatable bonds is 51. The Kier molecular flexibility index (Phi) is 51.9. The lowest BCUT2D eigenvalue weighted by Gasteiger charge is -2.32. The molecule has 1 aliphatic heterocycles. The lowest BCUT2D eigenvalue weighted by Crippen LogP contribution is -2.47. The number of aliphatic hydroxyl groups excluding tert-OH is 1. The van der Waals surface area contributed by atoms with Gasteiger partial charge in [0, 0.05) is 90.2 Å². The van der Waals surface area contributed by atoms with Crippen molar-refractivity contribution >= 4 is 53.0 Å². The fourth-order valence-electron chi connectivity index (χ4n) is 8.81. The Balaban J connectivity index is 0.00000130. The summed E-state index contributed by atoms with van der Waals surface area (Å²) in [6, 6.07) is -1.37. The topological polar surface area (TPSA) is 343 Å². The molecular weight excluding hydrogens is 1090 g/mol. The summed E-state index contributed by atoms with van der Waals surface area (Å²) in [7, 11) is 0. The minimum Gasteiger partial charge on any atom is -0.481 e. The van der Waals surface area contributed by atoms with Crippen molar-refractivity contribution in [3.8, 4) is 0 Å². The highest BCUT2D eigenvalue weighted by Gasteiger charge is 2.29. The van der Waals surface area contributed by atoms with E-state index < -0.39 is 30.6 Å². The van der Waals surface area contributed by atoms with Crippen LogP contribution in [0.1, 0.15) is 194 Å². The Morgan fingerprint density at radius 3 is 1.65 bits per heavy atom. The van der Waals surface area contributed by atoms with Crippen molar-refractivity contribution in [3.63, 3.8) is 0 Å². The van der Waals surface area contributed by atoms with Gasteiger partial charge >= 0.3 is 11.9 Å². The molecule has 1 aromatic heterocycles. The van der Waals surface area contributed by atoms with E-state index in [1.165, 1.54) is 84.5 Å². The first kappa shape index (κ1) is 78.6. The zero-order valence-electron chi connectivity index (χ0n) is 51.4. The average molecular weight is 1200 g/mol. The molecule has 1 aromatic rings. The normalized spacial score (nSPS) is 12.8. The number of carboxylic acids is 2. The molecule has 0 bridgehead atoms. The van der Waals surface area contributed by atoms with Gasteiger partial charge in [0.2, 0.25) is 29.5 Å². The molecular formula is C60H108N8O16. The van der Waals surface area contributed by atoms with E-state index in [-0.39, 0.29) is 60.2 Å².